The average molecular weight is 161 g/mol. The maximum absolute atomic E-state index is 8.88. The molecule has 0 heterocycles. The summed E-state index contributed by atoms with van der Waals surface area (Å²) in [5, 5.41) is 20.8. The minimum absolute atomic E-state index is 0.0315. The lowest BCUT2D eigenvalue weighted by molar-refractivity contribution is 0.102. The van der Waals surface area contributed by atoms with Crippen molar-refractivity contribution in [3.8, 4) is 0 Å². The Labute approximate surface area is 68.4 Å². The Bertz CT molecular complexity index is 100. The Hall–Kier alpha value is -0.120. The van der Waals surface area contributed by atoms with Crippen molar-refractivity contribution in [1.29, 1.82) is 0 Å². The lowest BCUT2D eigenvalue weighted by Crippen LogP contribution is -2.50. The van der Waals surface area contributed by atoms with Crippen LogP contribution in [0.4, 0.5) is 0 Å². The molecule has 0 aromatic heterocycles. The highest BCUT2D eigenvalue weighted by molar-refractivity contribution is 4.81. The highest BCUT2D eigenvalue weighted by Crippen LogP contribution is 2.01. The second-order valence-electron chi connectivity index (χ2n) is 3.65. The maximum Gasteiger partial charge on any atom is 0.0633 e. The minimum Gasteiger partial charge on any atom is -0.394 e. The number of aliphatic hydroxyl groups is 2. The highest BCUT2D eigenvalue weighted by Gasteiger charge is 2.20. The number of hydrogen-bond donors (Lipinski definition) is 3. The molecule has 0 bridgehead atoms. The zero-order chi connectivity index (χ0) is 8.91. The van der Waals surface area contributed by atoms with Crippen molar-refractivity contribution in [2.45, 2.75) is 26.3 Å². The van der Waals surface area contributed by atoms with E-state index < -0.39 is 5.54 Å². The summed E-state index contributed by atoms with van der Waals surface area (Å²) in [6.45, 7) is 6.73. The lowest BCUT2D eigenvalue weighted by Gasteiger charge is -2.27. The van der Waals surface area contributed by atoms with Crippen molar-refractivity contribution in [3.63, 3.8) is 0 Å². The normalized spacial score (nSPS) is 12.5. The van der Waals surface area contributed by atoms with Gasteiger partial charge in [-0.1, -0.05) is 13.8 Å². The van der Waals surface area contributed by atoms with E-state index in [0.717, 1.165) is 6.54 Å². The van der Waals surface area contributed by atoms with Gasteiger partial charge in [0.25, 0.3) is 0 Å². The van der Waals surface area contributed by atoms with Crippen LogP contribution in [0.5, 0.6) is 0 Å². The summed E-state index contributed by atoms with van der Waals surface area (Å²) < 4.78 is 0. The summed E-state index contributed by atoms with van der Waals surface area (Å²) in [5.74, 6) is 0.535. The molecule has 0 aliphatic rings. The van der Waals surface area contributed by atoms with Crippen molar-refractivity contribution >= 4 is 0 Å². The van der Waals surface area contributed by atoms with Gasteiger partial charge in [0.05, 0.1) is 18.8 Å². The summed E-state index contributed by atoms with van der Waals surface area (Å²) in [6.07, 6.45) is 0. The second kappa shape index (κ2) is 4.70. The van der Waals surface area contributed by atoms with E-state index in [9.17, 15) is 0 Å². The quantitative estimate of drug-likeness (QED) is 0.531. The van der Waals surface area contributed by atoms with Gasteiger partial charge in [-0.3, -0.25) is 0 Å². The number of hydrogen-bond acceptors (Lipinski definition) is 3. The fourth-order valence-electron chi connectivity index (χ4n) is 0.612. The van der Waals surface area contributed by atoms with E-state index in [0.29, 0.717) is 5.92 Å². The number of aliphatic hydroxyl groups excluding tert-OH is 2. The molecule has 0 saturated carbocycles. The molecule has 0 spiro atoms. The standard InChI is InChI=1S/C8H19NO2/c1-7(2)4-9-8(3,5-10)6-11/h7,9-11H,4-6H2,1-3H3. The molecule has 0 fully saturated rings. The molecule has 3 N–H and O–H groups in total. The Morgan fingerprint density at radius 2 is 1.73 bits per heavy atom. The van der Waals surface area contributed by atoms with E-state index in [-0.39, 0.29) is 13.2 Å². The predicted molar refractivity (Wildman–Crippen MR) is 45.4 cm³/mol. The Morgan fingerprint density at radius 1 is 1.27 bits per heavy atom. The molecule has 3 heteroatoms. The van der Waals surface area contributed by atoms with Gasteiger partial charge < -0.3 is 15.5 Å². The van der Waals surface area contributed by atoms with Crippen LogP contribution < -0.4 is 5.32 Å². The van der Waals surface area contributed by atoms with E-state index in [1.165, 1.54) is 0 Å². The third kappa shape index (κ3) is 4.35. The summed E-state index contributed by atoms with van der Waals surface area (Å²) in [7, 11) is 0. The van der Waals surface area contributed by atoms with Gasteiger partial charge >= 0.3 is 0 Å². The molecule has 0 aliphatic heterocycles. The van der Waals surface area contributed by atoms with E-state index >= 15 is 0 Å². The zero-order valence-corrected chi connectivity index (χ0v) is 7.59. The molecule has 0 unspecified atom stereocenters. The first-order valence-corrected chi connectivity index (χ1v) is 4.01. The lowest BCUT2D eigenvalue weighted by atomic mass is 10.0. The molecule has 0 rings (SSSR count). The van der Waals surface area contributed by atoms with Gasteiger partial charge in [0.15, 0.2) is 0 Å². The first kappa shape index (κ1) is 10.9. The Kier molecular flexibility index (Phi) is 4.65. The monoisotopic (exact) mass is 161 g/mol. The van der Waals surface area contributed by atoms with Crippen LogP contribution in [0.25, 0.3) is 0 Å². The molecule has 0 aliphatic carbocycles. The summed E-state index contributed by atoms with van der Waals surface area (Å²) in [6, 6.07) is 0. The van der Waals surface area contributed by atoms with Crippen molar-refractivity contribution in [2.24, 2.45) is 5.92 Å². The van der Waals surface area contributed by atoms with Gasteiger partial charge in [0.2, 0.25) is 0 Å². The number of nitrogens with one attached hydrogen (secondary N) is 1. The third-order valence-corrected chi connectivity index (χ3v) is 1.64. The Morgan fingerprint density at radius 3 is 2.00 bits per heavy atom. The van der Waals surface area contributed by atoms with Crippen LogP contribution in [0.2, 0.25) is 0 Å². The molecule has 11 heavy (non-hydrogen) atoms. The van der Waals surface area contributed by atoms with Crippen molar-refractivity contribution in [2.75, 3.05) is 19.8 Å². The highest BCUT2D eigenvalue weighted by atomic mass is 16.3. The predicted octanol–water partition coefficient (Wildman–Crippen LogP) is -0.0247. The van der Waals surface area contributed by atoms with Crippen molar-refractivity contribution in [1.82, 2.24) is 5.32 Å². The van der Waals surface area contributed by atoms with Crippen LogP contribution in [0.15, 0.2) is 0 Å². The molecule has 0 radical (unpaired) electrons. The molecular formula is C8H19NO2. The second-order valence-corrected chi connectivity index (χ2v) is 3.65. The van der Waals surface area contributed by atoms with Crippen LogP contribution in [0, 0.1) is 5.92 Å². The van der Waals surface area contributed by atoms with Crippen molar-refractivity contribution in [3.05, 3.63) is 0 Å². The fraction of sp³-hybridized carbons (Fsp3) is 1.00. The molecule has 3 nitrogen and oxygen atoms in total. The van der Waals surface area contributed by atoms with E-state index in [1.54, 1.807) is 6.92 Å². The molecule has 0 amide bonds. The average Bonchev–Trinajstić information content (AvgIpc) is 2.00. The first-order chi connectivity index (χ1) is 5.04. The van der Waals surface area contributed by atoms with Gasteiger partial charge in [-0.25, -0.2) is 0 Å². The van der Waals surface area contributed by atoms with Crippen LogP contribution in [0.1, 0.15) is 20.8 Å². The SMILES string of the molecule is CC(C)CNC(C)(CO)CO. The van der Waals surface area contributed by atoms with E-state index in [1.807, 2.05) is 0 Å². The third-order valence-electron chi connectivity index (χ3n) is 1.64. The maximum atomic E-state index is 8.88. The summed E-state index contributed by atoms with van der Waals surface area (Å²) >= 11 is 0. The zero-order valence-electron chi connectivity index (χ0n) is 7.59. The van der Waals surface area contributed by atoms with E-state index in [4.69, 9.17) is 10.2 Å². The molecule has 0 saturated heterocycles. The van der Waals surface area contributed by atoms with Gasteiger partial charge in [-0.15, -0.1) is 0 Å². The molecule has 0 aromatic rings. The molecule has 0 aromatic carbocycles. The van der Waals surface area contributed by atoms with Crippen LogP contribution in [-0.4, -0.2) is 35.5 Å². The first-order valence-electron chi connectivity index (χ1n) is 4.01. The van der Waals surface area contributed by atoms with Crippen LogP contribution >= 0.6 is 0 Å². The topological polar surface area (TPSA) is 52.5 Å². The smallest absolute Gasteiger partial charge is 0.0633 e. The molecule has 68 valence electrons. The largest absolute Gasteiger partial charge is 0.394 e. The van der Waals surface area contributed by atoms with Gasteiger partial charge in [0, 0.05) is 0 Å². The van der Waals surface area contributed by atoms with Gasteiger partial charge in [0.1, 0.15) is 0 Å². The van der Waals surface area contributed by atoms with Gasteiger partial charge in [-0.05, 0) is 19.4 Å². The molecule has 0 atom stereocenters. The van der Waals surface area contributed by atoms with Gasteiger partial charge in [-0.2, -0.15) is 0 Å². The summed E-state index contributed by atoms with van der Waals surface area (Å²) in [4.78, 5) is 0. The van der Waals surface area contributed by atoms with Crippen molar-refractivity contribution < 1.29 is 10.2 Å². The van der Waals surface area contributed by atoms with Crippen LogP contribution in [-0.2, 0) is 0 Å². The fourth-order valence-corrected chi connectivity index (χ4v) is 0.612. The molecular weight excluding hydrogens is 142 g/mol. The summed E-state index contributed by atoms with van der Waals surface area (Å²) in [5.41, 5.74) is -0.524. The van der Waals surface area contributed by atoms with Crippen LogP contribution in [0.3, 0.4) is 0 Å². The number of rotatable bonds is 5. The minimum atomic E-state index is -0.524. The Balaban J connectivity index is 3.69. The van der Waals surface area contributed by atoms with E-state index in [2.05, 4.69) is 19.2 Å².